The predicted octanol–water partition coefficient (Wildman–Crippen LogP) is 1.71. The number of hydrogen-bond donors (Lipinski definition) is 0. The second kappa shape index (κ2) is 5.71. The van der Waals surface area contributed by atoms with Crippen LogP contribution in [-0.2, 0) is 16.6 Å². The van der Waals surface area contributed by atoms with E-state index in [-0.39, 0.29) is 23.6 Å². The maximum atomic E-state index is 12.2. The van der Waals surface area contributed by atoms with E-state index < -0.39 is 11.4 Å². The van der Waals surface area contributed by atoms with Crippen molar-refractivity contribution in [1.29, 1.82) is 0 Å². The van der Waals surface area contributed by atoms with Crippen LogP contribution in [0.3, 0.4) is 0 Å². The van der Waals surface area contributed by atoms with Crippen LogP contribution >= 0.6 is 0 Å². The lowest BCUT2D eigenvalue weighted by atomic mass is 9.91. The topological polar surface area (TPSA) is 78.3 Å². The summed E-state index contributed by atoms with van der Waals surface area (Å²) in [6, 6.07) is 6.67. The largest absolute Gasteiger partial charge is 0.453 e. The van der Waals surface area contributed by atoms with Crippen LogP contribution < -0.4 is 5.56 Å². The minimum atomic E-state index is -0.718. The molecule has 0 atom stereocenters. The van der Waals surface area contributed by atoms with Gasteiger partial charge in [-0.3, -0.25) is 9.59 Å². The van der Waals surface area contributed by atoms with Crippen molar-refractivity contribution in [1.82, 2.24) is 9.78 Å². The number of nitrogens with zero attached hydrogens (tertiary/aromatic N) is 2. The summed E-state index contributed by atoms with van der Waals surface area (Å²) in [5, 5.41) is 4.76. The first-order chi connectivity index (χ1) is 10.2. The van der Waals surface area contributed by atoms with Gasteiger partial charge in [-0.2, -0.15) is 5.10 Å². The summed E-state index contributed by atoms with van der Waals surface area (Å²) in [7, 11) is 1.46. The van der Waals surface area contributed by atoms with Crippen LogP contribution in [0.25, 0.3) is 10.8 Å². The third kappa shape index (κ3) is 3.05. The molecule has 0 aliphatic carbocycles. The smallest absolute Gasteiger partial charge is 0.359 e. The van der Waals surface area contributed by atoms with Gasteiger partial charge in [0.2, 0.25) is 0 Å². The highest BCUT2D eigenvalue weighted by atomic mass is 16.5. The predicted molar refractivity (Wildman–Crippen MR) is 81.7 cm³/mol. The Labute approximate surface area is 127 Å². The fourth-order valence-electron chi connectivity index (χ4n) is 1.87. The molecule has 2 aromatic rings. The Balaban J connectivity index is 2.35. The van der Waals surface area contributed by atoms with Gasteiger partial charge >= 0.3 is 5.97 Å². The summed E-state index contributed by atoms with van der Waals surface area (Å²) in [4.78, 5) is 36.0. The molecule has 0 bridgehead atoms. The van der Waals surface area contributed by atoms with E-state index in [4.69, 9.17) is 4.74 Å². The van der Waals surface area contributed by atoms with Crippen LogP contribution in [-0.4, -0.2) is 28.1 Å². The molecule has 0 radical (unpaired) electrons. The standard InChI is InChI=1S/C16H18N2O4/c1-16(2,3)12(19)9-22-15(21)13-10-7-5-6-8-11(10)14(20)18(4)17-13/h5-8H,9H2,1-4H3. The van der Waals surface area contributed by atoms with E-state index in [1.54, 1.807) is 45.0 Å². The number of benzene rings is 1. The number of esters is 1. The van der Waals surface area contributed by atoms with Crippen molar-refractivity contribution >= 4 is 22.5 Å². The maximum Gasteiger partial charge on any atom is 0.359 e. The molecule has 2 rings (SSSR count). The molecule has 0 saturated carbocycles. The molecule has 0 unspecified atom stereocenters. The molecule has 6 heteroatoms. The normalized spacial score (nSPS) is 11.5. The molecular weight excluding hydrogens is 284 g/mol. The van der Waals surface area contributed by atoms with E-state index in [9.17, 15) is 14.4 Å². The van der Waals surface area contributed by atoms with Crippen molar-refractivity contribution in [2.24, 2.45) is 12.5 Å². The Hall–Kier alpha value is -2.50. The Morgan fingerprint density at radius 2 is 1.77 bits per heavy atom. The number of fused-ring (bicyclic) bond motifs is 1. The number of carbonyl (C=O) groups excluding carboxylic acids is 2. The van der Waals surface area contributed by atoms with Crippen molar-refractivity contribution < 1.29 is 14.3 Å². The number of carbonyl (C=O) groups is 2. The number of hydrogen-bond acceptors (Lipinski definition) is 5. The molecule has 1 heterocycles. The third-order valence-electron chi connectivity index (χ3n) is 3.32. The van der Waals surface area contributed by atoms with Gasteiger partial charge in [-0.15, -0.1) is 0 Å². The lowest BCUT2D eigenvalue weighted by Gasteiger charge is -2.16. The van der Waals surface area contributed by atoms with Crippen molar-refractivity contribution in [3.63, 3.8) is 0 Å². The van der Waals surface area contributed by atoms with Gasteiger partial charge in [-0.1, -0.05) is 39.0 Å². The molecule has 6 nitrogen and oxygen atoms in total. The Bertz CT molecular complexity index is 800. The number of rotatable bonds is 3. The van der Waals surface area contributed by atoms with Crippen molar-refractivity contribution in [3.05, 3.63) is 40.3 Å². The van der Waals surface area contributed by atoms with E-state index in [0.717, 1.165) is 4.68 Å². The SMILES string of the molecule is Cn1nc(C(=O)OCC(=O)C(C)(C)C)c2ccccc2c1=O. The van der Waals surface area contributed by atoms with E-state index in [0.29, 0.717) is 10.8 Å². The van der Waals surface area contributed by atoms with Gasteiger partial charge in [0.15, 0.2) is 18.1 Å². The maximum absolute atomic E-state index is 12.2. The van der Waals surface area contributed by atoms with E-state index in [1.807, 2.05) is 0 Å². The Kier molecular flexibility index (Phi) is 4.12. The van der Waals surface area contributed by atoms with Gasteiger partial charge in [0.05, 0.1) is 5.39 Å². The monoisotopic (exact) mass is 302 g/mol. The minimum absolute atomic E-state index is 0.0272. The first-order valence-corrected chi connectivity index (χ1v) is 6.88. The van der Waals surface area contributed by atoms with Crippen LogP contribution in [0.2, 0.25) is 0 Å². The quantitative estimate of drug-likeness (QED) is 0.806. The minimum Gasteiger partial charge on any atom is -0.453 e. The van der Waals surface area contributed by atoms with Crippen molar-refractivity contribution in [3.8, 4) is 0 Å². The third-order valence-corrected chi connectivity index (χ3v) is 3.32. The fraction of sp³-hybridized carbons (Fsp3) is 0.375. The number of aromatic nitrogens is 2. The second-order valence-corrected chi connectivity index (χ2v) is 6.07. The molecule has 22 heavy (non-hydrogen) atoms. The molecular formula is C16H18N2O4. The van der Waals surface area contributed by atoms with E-state index in [2.05, 4.69) is 5.10 Å². The van der Waals surface area contributed by atoms with E-state index >= 15 is 0 Å². The summed E-state index contributed by atoms with van der Waals surface area (Å²) < 4.78 is 6.14. The van der Waals surface area contributed by atoms with Crippen LogP contribution in [0.15, 0.2) is 29.1 Å². The zero-order valence-corrected chi connectivity index (χ0v) is 13.0. The number of aryl methyl sites for hydroxylation is 1. The lowest BCUT2D eigenvalue weighted by molar-refractivity contribution is -0.129. The van der Waals surface area contributed by atoms with Crippen LogP contribution in [0.4, 0.5) is 0 Å². The molecule has 0 N–H and O–H groups in total. The number of ether oxygens (including phenoxy) is 1. The summed E-state index contributed by atoms with van der Waals surface area (Å²) in [6.07, 6.45) is 0. The molecule has 0 saturated heterocycles. The highest BCUT2D eigenvalue weighted by Crippen LogP contribution is 2.16. The van der Waals surface area contributed by atoms with Gasteiger partial charge in [0.1, 0.15) is 0 Å². The summed E-state index contributed by atoms with van der Waals surface area (Å²) >= 11 is 0. The number of ketones is 1. The molecule has 0 aliphatic rings. The highest BCUT2D eigenvalue weighted by molar-refractivity contribution is 6.02. The Morgan fingerprint density at radius 3 is 2.36 bits per heavy atom. The molecule has 0 aliphatic heterocycles. The van der Waals surface area contributed by atoms with Gasteiger partial charge < -0.3 is 4.74 Å². The zero-order chi connectivity index (χ0) is 16.5. The van der Waals surface area contributed by atoms with Gasteiger partial charge in [-0.25, -0.2) is 9.48 Å². The van der Waals surface area contributed by atoms with Gasteiger partial charge in [0, 0.05) is 17.8 Å². The molecule has 116 valence electrons. The van der Waals surface area contributed by atoms with Gasteiger partial charge in [0.25, 0.3) is 5.56 Å². The average Bonchev–Trinajstić information content (AvgIpc) is 2.47. The second-order valence-electron chi connectivity index (χ2n) is 6.07. The average molecular weight is 302 g/mol. The van der Waals surface area contributed by atoms with Gasteiger partial charge in [-0.05, 0) is 6.07 Å². The first-order valence-electron chi connectivity index (χ1n) is 6.88. The summed E-state index contributed by atoms with van der Waals surface area (Å²) in [6.45, 7) is 4.94. The Morgan fingerprint density at radius 1 is 1.18 bits per heavy atom. The fourth-order valence-corrected chi connectivity index (χ4v) is 1.87. The van der Waals surface area contributed by atoms with E-state index in [1.165, 1.54) is 7.05 Å². The van der Waals surface area contributed by atoms with Crippen LogP contribution in [0.5, 0.6) is 0 Å². The molecule has 1 aromatic heterocycles. The van der Waals surface area contributed by atoms with Crippen molar-refractivity contribution in [2.45, 2.75) is 20.8 Å². The lowest BCUT2D eigenvalue weighted by Crippen LogP contribution is -2.28. The highest BCUT2D eigenvalue weighted by Gasteiger charge is 2.24. The molecule has 1 aromatic carbocycles. The zero-order valence-electron chi connectivity index (χ0n) is 13.0. The van der Waals surface area contributed by atoms with Crippen molar-refractivity contribution in [2.75, 3.05) is 6.61 Å². The van der Waals surface area contributed by atoms with Crippen LogP contribution in [0.1, 0.15) is 31.3 Å². The van der Waals surface area contributed by atoms with Crippen LogP contribution in [0, 0.1) is 5.41 Å². The summed E-state index contributed by atoms with van der Waals surface area (Å²) in [5.74, 6) is -0.903. The molecule has 0 amide bonds. The molecule has 0 fully saturated rings. The first kappa shape index (κ1) is 15.9. The number of Topliss-reactive ketones (excluding diaryl/α,β-unsaturated/α-hetero) is 1. The summed E-state index contributed by atoms with van der Waals surface area (Å²) in [5.41, 5.74) is -0.850. The molecule has 0 spiro atoms.